The molecule has 14 aromatic rings. The molecule has 0 saturated carbocycles. The second kappa shape index (κ2) is 39.8. The zero-order valence-corrected chi connectivity index (χ0v) is 63.8. The third-order valence-corrected chi connectivity index (χ3v) is 18.6. The van der Waals surface area contributed by atoms with E-state index in [0.29, 0.717) is 135 Å². The first kappa shape index (κ1) is 76.4. The standard InChI is InChI=1S/C101H88N2O12/c1-9-25-76(26-10-1)63-104-94-47-86(48-95(57-94)105-64-77-27-11-2-12-28-77)71-112-90-43-84(44-91(55-90)113-72-87-49-96(106-65-78-29-13-3-14-30-78)58-97(50-87)107-66-79-31-15-4-16-32-79)61-102-41-42-103(75-102)62-85-45-92(114-73-88-51-98(108-67-80-33-17-5-18-34-80)59-99(52-88)109-68-81-35-19-6-20-36-81)56-93(46-85)115-74-89-53-100(110-69-82-37-21-7-22-38-82)60-101(54-89)111-70-83-39-23-8-24-40-83/h1-60H,61-74H2. The third-order valence-electron chi connectivity index (χ3n) is 18.6. The van der Waals surface area contributed by atoms with Crippen LogP contribution in [0, 0.1) is 6.67 Å². The van der Waals surface area contributed by atoms with E-state index in [1.165, 1.54) is 0 Å². The molecule has 574 valence electrons. The van der Waals surface area contributed by atoms with Gasteiger partial charge in [-0.25, -0.2) is 0 Å². The van der Waals surface area contributed by atoms with Gasteiger partial charge in [0.25, 0.3) is 0 Å². The van der Waals surface area contributed by atoms with Gasteiger partial charge < -0.3 is 66.6 Å². The Labute approximate surface area is 673 Å². The van der Waals surface area contributed by atoms with Gasteiger partial charge in [-0.1, -0.05) is 243 Å². The average Bonchev–Trinajstić information content (AvgIpc) is 1.77. The predicted molar refractivity (Wildman–Crippen MR) is 446 cm³/mol. The van der Waals surface area contributed by atoms with E-state index in [2.05, 4.69) is 6.67 Å². The molecule has 0 saturated heterocycles. The molecule has 2 radical (unpaired) electrons. The van der Waals surface area contributed by atoms with Crippen molar-refractivity contribution in [3.63, 3.8) is 0 Å². The smallest absolute Gasteiger partial charge is 0.208 e. The molecular formula is C101H88N2O12. The molecule has 0 atom stereocenters. The van der Waals surface area contributed by atoms with Crippen LogP contribution in [-0.2, 0) is 92.4 Å². The van der Waals surface area contributed by atoms with Crippen LogP contribution in [0.5, 0.6) is 69.0 Å². The van der Waals surface area contributed by atoms with Crippen molar-refractivity contribution in [2.75, 3.05) is 0 Å². The van der Waals surface area contributed by atoms with Gasteiger partial charge in [0.15, 0.2) is 0 Å². The van der Waals surface area contributed by atoms with Gasteiger partial charge in [0.1, 0.15) is 148 Å². The summed E-state index contributed by atoms with van der Waals surface area (Å²) in [6.45, 7) is 8.28. The van der Waals surface area contributed by atoms with Crippen molar-refractivity contribution in [1.29, 1.82) is 0 Å². The minimum atomic E-state index is 0.194. The van der Waals surface area contributed by atoms with E-state index < -0.39 is 0 Å². The molecule has 0 unspecified atom stereocenters. The summed E-state index contributed by atoms with van der Waals surface area (Å²) in [5, 5.41) is 0. The van der Waals surface area contributed by atoms with Crippen molar-refractivity contribution in [3.05, 3.63) is 449 Å². The second-order valence-corrected chi connectivity index (χ2v) is 27.9. The molecule has 115 heavy (non-hydrogen) atoms. The highest BCUT2D eigenvalue weighted by Gasteiger charge is 2.20. The zero-order chi connectivity index (χ0) is 77.7. The van der Waals surface area contributed by atoms with Gasteiger partial charge in [-0.15, -0.1) is 0 Å². The Hall–Kier alpha value is -14.0. The van der Waals surface area contributed by atoms with Gasteiger partial charge in [0, 0.05) is 61.9 Å². The van der Waals surface area contributed by atoms with Crippen LogP contribution in [0.2, 0.25) is 0 Å². The molecule has 0 spiro atoms. The van der Waals surface area contributed by atoms with Crippen molar-refractivity contribution in [1.82, 2.24) is 9.80 Å². The SMILES string of the molecule is [C]1N(Cc2cc(OCc3cc(OCc4ccccc4)cc(OCc4ccccc4)c3)cc(OCc3cc(OCc4ccccc4)cc(OCc4ccccc4)c3)c2)C=CN1Cc1cc(OCc2cc(OCc3ccccc3)cc(OCc3ccccc3)c2)cc(OCc2cc(OCc3ccccc3)cc(OCc3ccccc3)c2)c1. The van der Waals surface area contributed by atoms with E-state index in [0.717, 1.165) is 77.9 Å². The van der Waals surface area contributed by atoms with Crippen LogP contribution in [0.1, 0.15) is 77.9 Å². The van der Waals surface area contributed by atoms with E-state index >= 15 is 0 Å². The van der Waals surface area contributed by atoms with E-state index in [9.17, 15) is 0 Å². The maximum atomic E-state index is 6.82. The fraction of sp³-hybridized carbons (Fsp3) is 0.139. The van der Waals surface area contributed by atoms with Crippen molar-refractivity contribution >= 4 is 0 Å². The summed E-state index contributed by atoms with van der Waals surface area (Å²) in [6, 6.07) is 117. The Morgan fingerprint density at radius 2 is 0.278 bits per heavy atom. The Kier molecular flexibility index (Phi) is 26.4. The lowest BCUT2D eigenvalue weighted by Crippen LogP contribution is -2.19. The first-order chi connectivity index (χ1) is 56.8. The van der Waals surface area contributed by atoms with Gasteiger partial charge in [-0.2, -0.15) is 0 Å². The molecular weight excluding hydrogens is 1430 g/mol. The largest absolute Gasteiger partial charge is 0.489 e. The van der Waals surface area contributed by atoms with Crippen LogP contribution >= 0.6 is 0 Å². The minimum Gasteiger partial charge on any atom is -0.489 e. The maximum Gasteiger partial charge on any atom is 0.208 e. The third kappa shape index (κ3) is 24.3. The summed E-state index contributed by atoms with van der Waals surface area (Å²) in [7, 11) is 0. The molecule has 14 nitrogen and oxygen atoms in total. The quantitative estimate of drug-likeness (QED) is 0.0363. The van der Waals surface area contributed by atoms with Gasteiger partial charge in [-0.05, 0) is 151 Å². The second-order valence-electron chi connectivity index (χ2n) is 27.9. The molecule has 15 rings (SSSR count). The van der Waals surface area contributed by atoms with Crippen LogP contribution in [-0.4, -0.2) is 9.80 Å². The number of hydrogen-bond acceptors (Lipinski definition) is 14. The normalized spacial score (nSPS) is 11.5. The lowest BCUT2D eigenvalue weighted by Gasteiger charge is -2.21. The summed E-state index contributed by atoms with van der Waals surface area (Å²) >= 11 is 0. The van der Waals surface area contributed by atoms with E-state index in [4.69, 9.17) is 56.8 Å². The van der Waals surface area contributed by atoms with Gasteiger partial charge in [0.2, 0.25) is 6.67 Å². The lowest BCUT2D eigenvalue weighted by atomic mass is 10.1. The highest BCUT2D eigenvalue weighted by Crippen LogP contribution is 2.35. The summed E-state index contributed by atoms with van der Waals surface area (Å²) in [5.41, 5.74) is 13.6. The molecule has 14 aromatic carbocycles. The summed E-state index contributed by atoms with van der Waals surface area (Å²) < 4.78 is 78.7. The number of ether oxygens (including phenoxy) is 12. The number of benzene rings is 14. The molecule has 1 aliphatic heterocycles. The van der Waals surface area contributed by atoms with Crippen molar-refractivity contribution in [2.24, 2.45) is 0 Å². The molecule has 0 aromatic heterocycles. The van der Waals surface area contributed by atoms with E-state index in [1.807, 2.05) is 374 Å². The van der Waals surface area contributed by atoms with Crippen molar-refractivity contribution in [3.8, 4) is 69.0 Å². The zero-order valence-electron chi connectivity index (χ0n) is 63.8. The fourth-order valence-corrected chi connectivity index (χ4v) is 12.9. The summed E-state index contributed by atoms with van der Waals surface area (Å²) in [6.07, 6.45) is 4.02. The Bertz CT molecular complexity index is 4480. The van der Waals surface area contributed by atoms with Crippen LogP contribution in [0.4, 0.5) is 0 Å². The number of hydrogen-bond donors (Lipinski definition) is 0. The van der Waals surface area contributed by atoms with E-state index in [-0.39, 0.29) is 26.4 Å². The highest BCUT2D eigenvalue weighted by atomic mass is 16.5. The molecule has 0 aliphatic carbocycles. The van der Waals surface area contributed by atoms with Crippen LogP contribution in [0.3, 0.4) is 0 Å². The molecule has 0 bridgehead atoms. The van der Waals surface area contributed by atoms with Gasteiger partial charge in [0.05, 0.1) is 0 Å². The summed E-state index contributed by atoms with van der Waals surface area (Å²) in [5.74, 6) is 7.63. The Morgan fingerprint density at radius 3 is 0.426 bits per heavy atom. The van der Waals surface area contributed by atoms with Gasteiger partial charge in [-0.3, -0.25) is 0 Å². The number of nitrogens with zero attached hydrogens (tertiary/aromatic N) is 2. The van der Waals surface area contributed by atoms with Crippen LogP contribution in [0.15, 0.2) is 364 Å². The number of rotatable bonds is 40. The van der Waals surface area contributed by atoms with Crippen LogP contribution < -0.4 is 56.8 Å². The fourth-order valence-electron chi connectivity index (χ4n) is 12.9. The highest BCUT2D eigenvalue weighted by molar-refractivity contribution is 5.46. The van der Waals surface area contributed by atoms with Crippen molar-refractivity contribution < 1.29 is 56.8 Å². The Balaban J connectivity index is 0.694. The van der Waals surface area contributed by atoms with Crippen LogP contribution in [0.25, 0.3) is 0 Å². The molecule has 0 fully saturated rings. The molecule has 1 heterocycles. The molecule has 0 N–H and O–H groups in total. The predicted octanol–water partition coefficient (Wildman–Crippen LogP) is 22.4. The lowest BCUT2D eigenvalue weighted by molar-refractivity contribution is 0.274. The monoisotopic (exact) mass is 1520 g/mol. The minimum absolute atomic E-state index is 0.194. The topological polar surface area (TPSA) is 117 Å². The Morgan fingerprint density at radius 1 is 0.148 bits per heavy atom. The maximum absolute atomic E-state index is 6.82. The summed E-state index contributed by atoms with van der Waals surface area (Å²) in [4.78, 5) is 4.03. The first-order valence-corrected chi connectivity index (χ1v) is 38.5. The molecule has 14 heteroatoms. The molecule has 0 amide bonds. The average molecular weight is 1520 g/mol. The molecule has 1 aliphatic rings. The van der Waals surface area contributed by atoms with Gasteiger partial charge >= 0.3 is 0 Å². The van der Waals surface area contributed by atoms with Crippen molar-refractivity contribution in [2.45, 2.75) is 92.4 Å². The first-order valence-electron chi connectivity index (χ1n) is 38.5. The van der Waals surface area contributed by atoms with E-state index in [1.54, 1.807) is 0 Å².